The smallest absolute Gasteiger partial charge is 0.267 e. The minimum atomic E-state index is -4.00. The maximum Gasteiger partial charge on any atom is 0.267 e. The highest BCUT2D eigenvalue weighted by molar-refractivity contribution is 9.10. The van der Waals surface area contributed by atoms with Crippen molar-refractivity contribution in [3.8, 4) is 5.75 Å². The molecule has 1 N–H and O–H groups in total. The number of hydrogen-bond acceptors (Lipinski definition) is 6. The van der Waals surface area contributed by atoms with Gasteiger partial charge >= 0.3 is 0 Å². The van der Waals surface area contributed by atoms with Gasteiger partial charge in [0.05, 0.1) is 12.0 Å². The van der Waals surface area contributed by atoms with Gasteiger partial charge in [0.15, 0.2) is 5.03 Å². The van der Waals surface area contributed by atoms with E-state index in [0.717, 1.165) is 26.9 Å². The number of benzene rings is 2. The standard InChI is InChI=1S/C20H18BrN3O5S/c1-13-10-14(6-7-17(13)21)22-18(25)12-24-20(26)9-8-19(23-24)30(27,28)16-5-3-4-15(11-16)29-2/h3-11H,12H2,1-2H3,(H,22,25). The van der Waals surface area contributed by atoms with Gasteiger partial charge < -0.3 is 10.1 Å². The summed E-state index contributed by atoms with van der Waals surface area (Å²) in [6, 6.07) is 13.3. The second kappa shape index (κ2) is 8.80. The molecule has 0 spiro atoms. The summed E-state index contributed by atoms with van der Waals surface area (Å²) >= 11 is 3.38. The first-order chi connectivity index (χ1) is 14.2. The molecule has 3 aromatic rings. The SMILES string of the molecule is COc1cccc(S(=O)(=O)c2ccc(=O)n(CC(=O)Nc3ccc(Br)c(C)c3)n2)c1. The van der Waals surface area contributed by atoms with E-state index in [4.69, 9.17) is 4.74 Å². The van der Waals surface area contributed by atoms with Crippen molar-refractivity contribution in [3.05, 3.63) is 75.0 Å². The maximum absolute atomic E-state index is 12.9. The van der Waals surface area contributed by atoms with Gasteiger partial charge in [-0.2, -0.15) is 5.10 Å². The zero-order valence-corrected chi connectivity index (χ0v) is 18.5. The highest BCUT2D eigenvalue weighted by atomic mass is 79.9. The maximum atomic E-state index is 12.9. The Bertz CT molecular complexity index is 1270. The monoisotopic (exact) mass is 491 g/mol. The molecule has 10 heteroatoms. The number of sulfone groups is 1. The molecule has 0 aliphatic carbocycles. The zero-order chi connectivity index (χ0) is 21.9. The summed E-state index contributed by atoms with van der Waals surface area (Å²) in [6.07, 6.45) is 0. The van der Waals surface area contributed by atoms with Crippen LogP contribution in [0, 0.1) is 6.92 Å². The number of hydrogen-bond donors (Lipinski definition) is 1. The lowest BCUT2D eigenvalue weighted by molar-refractivity contribution is -0.117. The molecule has 0 bridgehead atoms. The quantitative estimate of drug-likeness (QED) is 0.567. The Hall–Kier alpha value is -2.98. The van der Waals surface area contributed by atoms with Crippen molar-refractivity contribution in [2.75, 3.05) is 12.4 Å². The lowest BCUT2D eigenvalue weighted by atomic mass is 10.2. The van der Waals surface area contributed by atoms with E-state index in [-0.39, 0.29) is 9.92 Å². The van der Waals surface area contributed by atoms with Gasteiger partial charge in [0.1, 0.15) is 12.3 Å². The van der Waals surface area contributed by atoms with Crippen molar-refractivity contribution in [3.63, 3.8) is 0 Å². The molecular weight excluding hydrogens is 474 g/mol. The molecule has 3 rings (SSSR count). The van der Waals surface area contributed by atoms with Crippen LogP contribution in [-0.4, -0.2) is 31.2 Å². The Balaban J connectivity index is 1.86. The fourth-order valence-electron chi connectivity index (χ4n) is 2.63. The molecule has 1 amide bonds. The van der Waals surface area contributed by atoms with Gasteiger partial charge in [0, 0.05) is 16.2 Å². The van der Waals surface area contributed by atoms with Crippen molar-refractivity contribution in [2.45, 2.75) is 23.4 Å². The van der Waals surface area contributed by atoms with Gasteiger partial charge in [-0.25, -0.2) is 13.1 Å². The van der Waals surface area contributed by atoms with Gasteiger partial charge in [-0.05, 0) is 55.0 Å². The lowest BCUT2D eigenvalue weighted by Crippen LogP contribution is -2.30. The largest absolute Gasteiger partial charge is 0.497 e. The molecule has 30 heavy (non-hydrogen) atoms. The number of carbonyl (C=O) groups excluding carboxylic acids is 1. The highest BCUT2D eigenvalue weighted by Crippen LogP contribution is 2.22. The van der Waals surface area contributed by atoms with Gasteiger partial charge in [0.25, 0.3) is 5.56 Å². The third-order valence-electron chi connectivity index (χ3n) is 4.20. The van der Waals surface area contributed by atoms with E-state index in [1.807, 2.05) is 6.92 Å². The number of nitrogens with zero attached hydrogens (tertiary/aromatic N) is 2. The molecule has 0 fully saturated rings. The normalized spacial score (nSPS) is 11.2. The number of aromatic nitrogens is 2. The average Bonchev–Trinajstić information content (AvgIpc) is 2.72. The summed E-state index contributed by atoms with van der Waals surface area (Å²) in [6.45, 7) is 1.44. The van der Waals surface area contributed by atoms with Crippen molar-refractivity contribution in [1.29, 1.82) is 0 Å². The molecule has 1 aromatic heterocycles. The molecule has 156 valence electrons. The summed E-state index contributed by atoms with van der Waals surface area (Å²) in [4.78, 5) is 24.4. The first-order valence-electron chi connectivity index (χ1n) is 8.74. The third kappa shape index (κ3) is 4.77. The predicted octanol–water partition coefficient (Wildman–Crippen LogP) is 2.79. The summed E-state index contributed by atoms with van der Waals surface area (Å²) in [5.74, 6) is -0.143. The summed E-state index contributed by atoms with van der Waals surface area (Å²) < 4.78 is 32.5. The van der Waals surface area contributed by atoms with Crippen LogP contribution in [0.15, 0.2) is 73.8 Å². The van der Waals surface area contributed by atoms with Crippen LogP contribution in [0.4, 0.5) is 5.69 Å². The fourth-order valence-corrected chi connectivity index (χ4v) is 4.11. The first-order valence-corrected chi connectivity index (χ1v) is 11.0. The molecule has 0 radical (unpaired) electrons. The summed E-state index contributed by atoms with van der Waals surface area (Å²) in [5.41, 5.74) is 0.880. The van der Waals surface area contributed by atoms with Crippen molar-refractivity contribution < 1.29 is 17.9 Å². The van der Waals surface area contributed by atoms with E-state index >= 15 is 0 Å². The zero-order valence-electron chi connectivity index (χ0n) is 16.1. The van der Waals surface area contributed by atoms with Crippen LogP contribution in [0.1, 0.15) is 5.56 Å². The molecule has 0 aliphatic rings. The Kier molecular flexibility index (Phi) is 6.37. The number of ether oxygens (including phenoxy) is 1. The molecule has 8 nitrogen and oxygen atoms in total. The van der Waals surface area contributed by atoms with E-state index in [0.29, 0.717) is 11.4 Å². The Labute approximate surface area is 181 Å². The topological polar surface area (TPSA) is 107 Å². The van der Waals surface area contributed by atoms with Crippen molar-refractivity contribution in [2.24, 2.45) is 0 Å². The van der Waals surface area contributed by atoms with Gasteiger partial charge in [-0.3, -0.25) is 9.59 Å². The number of amides is 1. The minimum absolute atomic E-state index is 0.0330. The lowest BCUT2D eigenvalue weighted by Gasteiger charge is -2.10. The highest BCUT2D eigenvalue weighted by Gasteiger charge is 2.21. The molecule has 2 aromatic carbocycles. The molecular formula is C20H18BrN3O5S. The molecule has 0 atom stereocenters. The van der Waals surface area contributed by atoms with E-state index in [1.54, 1.807) is 24.3 Å². The fraction of sp³-hybridized carbons (Fsp3) is 0.150. The number of nitrogens with one attached hydrogen (secondary N) is 1. The Morgan fingerprint density at radius 3 is 2.63 bits per heavy atom. The van der Waals surface area contributed by atoms with Gasteiger partial charge in [0.2, 0.25) is 15.7 Å². The second-order valence-corrected chi connectivity index (χ2v) is 9.11. The van der Waals surface area contributed by atoms with Crippen LogP contribution >= 0.6 is 15.9 Å². The van der Waals surface area contributed by atoms with Crippen LogP contribution in [0.2, 0.25) is 0 Å². The third-order valence-corrected chi connectivity index (χ3v) is 6.74. The second-order valence-electron chi connectivity index (χ2n) is 6.36. The van der Waals surface area contributed by atoms with Crippen molar-refractivity contribution in [1.82, 2.24) is 9.78 Å². The average molecular weight is 492 g/mol. The molecule has 0 saturated heterocycles. The van der Waals surface area contributed by atoms with Crippen LogP contribution in [-0.2, 0) is 21.2 Å². The number of anilines is 1. The predicted molar refractivity (Wildman–Crippen MR) is 114 cm³/mol. The number of aryl methyl sites for hydroxylation is 1. The molecule has 1 heterocycles. The van der Waals surface area contributed by atoms with E-state index < -0.39 is 27.8 Å². The van der Waals surface area contributed by atoms with Crippen LogP contribution in [0.25, 0.3) is 0 Å². The van der Waals surface area contributed by atoms with E-state index in [2.05, 4.69) is 26.3 Å². The summed E-state index contributed by atoms with van der Waals surface area (Å²) in [7, 11) is -2.58. The van der Waals surface area contributed by atoms with Crippen LogP contribution < -0.4 is 15.6 Å². The Morgan fingerprint density at radius 2 is 1.93 bits per heavy atom. The van der Waals surface area contributed by atoms with Crippen LogP contribution in [0.3, 0.4) is 0 Å². The first kappa shape index (κ1) is 21.7. The van der Waals surface area contributed by atoms with Crippen molar-refractivity contribution >= 4 is 37.4 Å². The van der Waals surface area contributed by atoms with E-state index in [9.17, 15) is 18.0 Å². The number of methoxy groups -OCH3 is 1. The molecule has 0 aliphatic heterocycles. The molecule has 0 saturated carbocycles. The number of carbonyl (C=O) groups is 1. The Morgan fingerprint density at radius 1 is 1.17 bits per heavy atom. The number of halogens is 1. The van der Waals surface area contributed by atoms with Gasteiger partial charge in [-0.15, -0.1) is 0 Å². The van der Waals surface area contributed by atoms with Crippen LogP contribution in [0.5, 0.6) is 5.75 Å². The molecule has 0 unspecified atom stereocenters. The summed E-state index contributed by atoms with van der Waals surface area (Å²) in [5, 5.41) is 6.22. The van der Waals surface area contributed by atoms with E-state index in [1.165, 1.54) is 25.3 Å². The van der Waals surface area contributed by atoms with Gasteiger partial charge in [-0.1, -0.05) is 22.0 Å². The minimum Gasteiger partial charge on any atom is -0.497 e. The number of rotatable bonds is 6.